The molecular formula is C11H17N5O. The van der Waals surface area contributed by atoms with Gasteiger partial charge in [-0.25, -0.2) is 14.8 Å². The summed E-state index contributed by atoms with van der Waals surface area (Å²) in [4.78, 5) is 23.9. The lowest BCUT2D eigenvalue weighted by Gasteiger charge is -2.34. The van der Waals surface area contributed by atoms with E-state index in [-0.39, 0.29) is 6.03 Å². The molecule has 0 saturated carbocycles. The Balaban J connectivity index is 1.88. The van der Waals surface area contributed by atoms with Gasteiger partial charge in [-0.05, 0) is 13.0 Å². The molecule has 1 aliphatic heterocycles. The highest BCUT2D eigenvalue weighted by Gasteiger charge is 2.21. The van der Waals surface area contributed by atoms with Gasteiger partial charge in [0.15, 0.2) is 0 Å². The second kappa shape index (κ2) is 5.47. The molecule has 1 aromatic heterocycles. The van der Waals surface area contributed by atoms with Crippen molar-refractivity contribution in [2.45, 2.75) is 6.92 Å². The summed E-state index contributed by atoms with van der Waals surface area (Å²) in [5.41, 5.74) is 0. The maximum atomic E-state index is 11.6. The van der Waals surface area contributed by atoms with E-state index in [4.69, 9.17) is 0 Å². The van der Waals surface area contributed by atoms with Crippen LogP contribution in [0.1, 0.15) is 6.92 Å². The molecule has 1 N–H and O–H groups in total. The molecule has 1 saturated heterocycles. The zero-order chi connectivity index (χ0) is 12.1. The van der Waals surface area contributed by atoms with Gasteiger partial charge in [-0.15, -0.1) is 0 Å². The van der Waals surface area contributed by atoms with Crippen molar-refractivity contribution in [3.63, 3.8) is 0 Å². The number of hydrogen-bond acceptors (Lipinski definition) is 4. The Bertz CT molecular complexity index is 361. The molecule has 6 nitrogen and oxygen atoms in total. The van der Waals surface area contributed by atoms with Gasteiger partial charge < -0.3 is 15.1 Å². The molecule has 2 amide bonds. The summed E-state index contributed by atoms with van der Waals surface area (Å²) < 4.78 is 0. The second-order valence-corrected chi connectivity index (χ2v) is 3.86. The van der Waals surface area contributed by atoms with Crippen LogP contribution in [0, 0.1) is 0 Å². The van der Waals surface area contributed by atoms with Crippen LogP contribution in [-0.2, 0) is 0 Å². The lowest BCUT2D eigenvalue weighted by molar-refractivity contribution is 0.194. The zero-order valence-corrected chi connectivity index (χ0v) is 9.96. The molecule has 0 aromatic carbocycles. The summed E-state index contributed by atoms with van der Waals surface area (Å²) in [6.45, 7) is 5.57. The van der Waals surface area contributed by atoms with Gasteiger partial charge in [0.1, 0.15) is 0 Å². The Kier molecular flexibility index (Phi) is 3.74. The molecule has 6 heteroatoms. The molecular weight excluding hydrogens is 218 g/mol. The van der Waals surface area contributed by atoms with Crippen molar-refractivity contribution in [2.75, 3.05) is 37.6 Å². The Morgan fingerprint density at radius 1 is 1.29 bits per heavy atom. The van der Waals surface area contributed by atoms with Gasteiger partial charge in [-0.1, -0.05) is 0 Å². The average molecular weight is 235 g/mol. The predicted octanol–water partition coefficient (Wildman–Crippen LogP) is 0.328. The highest BCUT2D eigenvalue weighted by Crippen LogP contribution is 2.09. The summed E-state index contributed by atoms with van der Waals surface area (Å²) in [5.74, 6) is 0.739. The maximum absolute atomic E-state index is 11.6. The summed E-state index contributed by atoms with van der Waals surface area (Å²) in [7, 11) is 0. The molecule has 0 radical (unpaired) electrons. The zero-order valence-electron chi connectivity index (χ0n) is 9.96. The molecule has 1 aromatic rings. The monoisotopic (exact) mass is 235 g/mol. The Labute approximate surface area is 101 Å². The van der Waals surface area contributed by atoms with E-state index in [9.17, 15) is 4.79 Å². The van der Waals surface area contributed by atoms with Crippen molar-refractivity contribution in [3.05, 3.63) is 18.5 Å². The number of nitrogens with one attached hydrogen (secondary N) is 1. The second-order valence-electron chi connectivity index (χ2n) is 3.86. The number of hydrogen-bond donors (Lipinski definition) is 1. The van der Waals surface area contributed by atoms with E-state index in [1.807, 2.05) is 11.8 Å². The highest BCUT2D eigenvalue weighted by atomic mass is 16.2. The standard InChI is InChI=1S/C11H17N5O/c1-2-12-11(17)16-8-6-15(7-9-16)10-13-4-3-5-14-10/h3-5H,2,6-9H2,1H3,(H,12,17). The number of rotatable bonds is 2. The van der Waals surface area contributed by atoms with Gasteiger partial charge in [0.05, 0.1) is 0 Å². The quantitative estimate of drug-likeness (QED) is 0.802. The van der Waals surface area contributed by atoms with Gasteiger partial charge in [0, 0.05) is 45.1 Å². The number of carbonyl (C=O) groups is 1. The van der Waals surface area contributed by atoms with E-state index in [0.29, 0.717) is 19.6 Å². The lowest BCUT2D eigenvalue weighted by Crippen LogP contribution is -2.52. The molecule has 1 fully saturated rings. The minimum absolute atomic E-state index is 0.0149. The first-order valence-corrected chi connectivity index (χ1v) is 5.86. The fourth-order valence-electron chi connectivity index (χ4n) is 1.83. The first-order chi connectivity index (χ1) is 8.31. The summed E-state index contributed by atoms with van der Waals surface area (Å²) >= 11 is 0. The summed E-state index contributed by atoms with van der Waals surface area (Å²) in [6.07, 6.45) is 3.47. The molecule has 92 valence electrons. The normalized spacial score (nSPS) is 15.8. The van der Waals surface area contributed by atoms with Crippen LogP contribution in [0.15, 0.2) is 18.5 Å². The van der Waals surface area contributed by atoms with Gasteiger partial charge in [-0.3, -0.25) is 0 Å². The minimum Gasteiger partial charge on any atom is -0.338 e. The number of amides is 2. The van der Waals surface area contributed by atoms with Gasteiger partial charge >= 0.3 is 6.03 Å². The molecule has 0 aliphatic carbocycles. The minimum atomic E-state index is 0.0149. The number of nitrogens with zero attached hydrogens (tertiary/aromatic N) is 4. The van der Waals surface area contributed by atoms with Crippen molar-refractivity contribution >= 4 is 12.0 Å². The summed E-state index contributed by atoms with van der Waals surface area (Å²) in [5, 5.41) is 2.81. The van der Waals surface area contributed by atoms with Crippen molar-refractivity contribution < 1.29 is 4.79 Å². The van der Waals surface area contributed by atoms with Crippen molar-refractivity contribution in [2.24, 2.45) is 0 Å². The molecule has 0 unspecified atom stereocenters. The number of aromatic nitrogens is 2. The molecule has 1 aliphatic rings. The number of carbonyl (C=O) groups excluding carboxylic acids is 1. The van der Waals surface area contributed by atoms with E-state index in [1.54, 1.807) is 18.5 Å². The fourth-order valence-corrected chi connectivity index (χ4v) is 1.83. The molecule has 17 heavy (non-hydrogen) atoms. The van der Waals surface area contributed by atoms with Gasteiger partial charge in [-0.2, -0.15) is 0 Å². The fraction of sp³-hybridized carbons (Fsp3) is 0.545. The third-order valence-corrected chi connectivity index (χ3v) is 2.73. The molecule has 0 atom stereocenters. The number of piperazine rings is 1. The Morgan fingerprint density at radius 3 is 2.53 bits per heavy atom. The van der Waals surface area contributed by atoms with Crippen LogP contribution in [-0.4, -0.2) is 53.6 Å². The van der Waals surface area contributed by atoms with Crippen LogP contribution in [0.25, 0.3) is 0 Å². The van der Waals surface area contributed by atoms with E-state index in [2.05, 4.69) is 20.2 Å². The van der Waals surface area contributed by atoms with Crippen LogP contribution in [0.5, 0.6) is 0 Å². The lowest BCUT2D eigenvalue weighted by atomic mass is 10.3. The molecule has 2 heterocycles. The Morgan fingerprint density at radius 2 is 1.94 bits per heavy atom. The van der Waals surface area contributed by atoms with E-state index < -0.39 is 0 Å². The maximum Gasteiger partial charge on any atom is 0.317 e. The number of anilines is 1. The molecule has 0 spiro atoms. The SMILES string of the molecule is CCNC(=O)N1CCN(c2ncccn2)CC1. The predicted molar refractivity (Wildman–Crippen MR) is 64.9 cm³/mol. The third-order valence-electron chi connectivity index (χ3n) is 2.73. The van der Waals surface area contributed by atoms with Crippen LogP contribution >= 0.6 is 0 Å². The topological polar surface area (TPSA) is 61.4 Å². The van der Waals surface area contributed by atoms with E-state index >= 15 is 0 Å². The van der Waals surface area contributed by atoms with Crippen LogP contribution in [0.2, 0.25) is 0 Å². The Hall–Kier alpha value is -1.85. The van der Waals surface area contributed by atoms with Crippen molar-refractivity contribution in [1.29, 1.82) is 0 Å². The van der Waals surface area contributed by atoms with Crippen LogP contribution in [0.4, 0.5) is 10.7 Å². The highest BCUT2D eigenvalue weighted by molar-refractivity contribution is 5.74. The smallest absolute Gasteiger partial charge is 0.317 e. The van der Waals surface area contributed by atoms with Crippen LogP contribution in [0.3, 0.4) is 0 Å². The average Bonchev–Trinajstić information content (AvgIpc) is 2.40. The summed E-state index contributed by atoms with van der Waals surface area (Å²) in [6, 6.07) is 1.81. The first-order valence-electron chi connectivity index (χ1n) is 5.86. The molecule has 0 bridgehead atoms. The van der Waals surface area contributed by atoms with Gasteiger partial charge in [0.2, 0.25) is 5.95 Å². The van der Waals surface area contributed by atoms with Crippen molar-refractivity contribution in [3.8, 4) is 0 Å². The van der Waals surface area contributed by atoms with Crippen molar-refractivity contribution in [1.82, 2.24) is 20.2 Å². The van der Waals surface area contributed by atoms with E-state index in [0.717, 1.165) is 19.0 Å². The van der Waals surface area contributed by atoms with E-state index in [1.165, 1.54) is 0 Å². The van der Waals surface area contributed by atoms with Crippen LogP contribution < -0.4 is 10.2 Å². The first kappa shape index (κ1) is 11.6. The molecule has 2 rings (SSSR count). The number of urea groups is 1. The van der Waals surface area contributed by atoms with Gasteiger partial charge in [0.25, 0.3) is 0 Å². The third kappa shape index (κ3) is 2.83. The largest absolute Gasteiger partial charge is 0.338 e.